The van der Waals surface area contributed by atoms with E-state index >= 15 is 0 Å². The lowest BCUT2D eigenvalue weighted by atomic mass is 10.1. The highest BCUT2D eigenvalue weighted by atomic mass is 16.6. The summed E-state index contributed by atoms with van der Waals surface area (Å²) in [5.74, 6) is 4.71. The molecule has 0 radical (unpaired) electrons. The van der Waals surface area contributed by atoms with Crippen LogP contribution in [0.25, 0.3) is 113 Å². The van der Waals surface area contributed by atoms with Crippen LogP contribution in [0.4, 0.5) is 22.9 Å². The number of nitrogens with one attached hydrogen (secondary N) is 8. The number of rotatable bonds is 21. The molecule has 0 unspecified atom stereocenters. The molecular formula is C94H82N16O10. The lowest BCUT2D eigenvalue weighted by Gasteiger charge is -2.11. The molecule has 2 amide bonds. The Hall–Kier alpha value is -16.5. The molecule has 0 atom stereocenters. The van der Waals surface area contributed by atoms with E-state index < -0.39 is 4.92 Å². The fourth-order valence-electron chi connectivity index (χ4n) is 12.6. The Kier molecular flexibility index (Phi) is 26.8. The van der Waals surface area contributed by atoms with Gasteiger partial charge in [0.25, 0.3) is 11.6 Å². The van der Waals surface area contributed by atoms with Crippen LogP contribution in [-0.2, 0) is 4.79 Å². The first-order chi connectivity index (χ1) is 58.6. The molecule has 0 aliphatic carbocycles. The normalized spacial score (nSPS) is 10.5. The van der Waals surface area contributed by atoms with Gasteiger partial charge in [-0.1, -0.05) is 152 Å². The Morgan fingerprint density at radius 1 is 0.392 bits per heavy atom. The second-order valence-corrected chi connectivity index (χ2v) is 26.7. The minimum absolute atomic E-state index is 0.0107. The van der Waals surface area contributed by atoms with Crippen molar-refractivity contribution in [2.24, 2.45) is 0 Å². The number of non-ortho nitro benzene ring substituents is 1. The van der Waals surface area contributed by atoms with Crippen molar-refractivity contribution < 1.29 is 38.2 Å². The summed E-state index contributed by atoms with van der Waals surface area (Å²) in [5.41, 5.74) is 19.0. The smallest absolute Gasteiger partial charge is 0.273 e. The van der Waals surface area contributed by atoms with E-state index in [-0.39, 0.29) is 22.9 Å². The van der Waals surface area contributed by atoms with Crippen LogP contribution < -0.4 is 44.6 Å². The highest BCUT2D eigenvalue weighted by Crippen LogP contribution is 2.38. The Bertz CT molecular complexity index is 6340. The molecule has 8 N–H and O–H groups in total. The Morgan fingerprint density at radius 2 is 0.783 bits per heavy atom. The first-order valence-electron chi connectivity index (χ1n) is 37.6. The lowest BCUT2D eigenvalue weighted by Crippen LogP contribution is -2.15. The number of nitro groups is 1. The van der Waals surface area contributed by atoms with E-state index in [1.165, 1.54) is 26.2 Å². The van der Waals surface area contributed by atoms with E-state index in [9.17, 15) is 24.5 Å². The number of carbonyl (C=O) groups excluding carboxylic acids is 2. The van der Waals surface area contributed by atoms with Crippen molar-refractivity contribution in [2.45, 2.75) is 6.92 Å². The summed E-state index contributed by atoms with van der Waals surface area (Å²) in [6, 6.07) is 94.7. The van der Waals surface area contributed by atoms with E-state index in [4.69, 9.17) is 23.7 Å². The lowest BCUT2D eigenvalue weighted by molar-refractivity contribution is -0.384. The Balaban J connectivity index is 0.000000130. The minimum atomic E-state index is -0.450. The molecule has 0 saturated heterocycles. The standard InChI is InChI=1S/C23H19N3O2.C20H15N3O.C18H17N3O2.C17H18N4O2.C16H13N3O3/c1-28-22-13-6-5-12-19(22)21-15-20(25-26-21)17-10-7-11-18(14-17)24-23(27)16-8-3-2-4-9-16;1-2-7-15(8-3-1)18-13-19(23-22-18)17-10-4-5-11-20(17)24-16-9-6-12-21-14-16;1-12(22)19-14-7-5-6-13(10-14)16-11-17(21-20-16)15-8-3-4-9-18(15)23-2;1-21(2)17-9-15(22)12(10-18-17)14-8-13(19-20-14)11-6-4-5-7-16(11)23-3;1-22-16-9-12(19(20)21)7-8-13(16)15-10-14(17-18-15)11-5-3-2-4-6-11/h2-15H,1H3,(H,24,27)(H,25,26);1-14H,(H,22,23);3-11H,1-2H3,(H,19,22)(H,20,21);4-10H,1-3H3,(H,18,22)(H,19,20);2-10H,1H3,(H,17,18). The number of hydrogen-bond acceptors (Lipinski definition) is 17. The first kappa shape index (κ1) is 81.5. The van der Waals surface area contributed by atoms with Crippen LogP contribution in [0.2, 0.25) is 0 Å². The van der Waals surface area contributed by atoms with Gasteiger partial charge in [0, 0.05) is 113 Å². The third kappa shape index (κ3) is 20.7. The molecule has 598 valence electrons. The predicted octanol–water partition coefficient (Wildman–Crippen LogP) is 19.8. The van der Waals surface area contributed by atoms with Crippen molar-refractivity contribution in [3.63, 3.8) is 0 Å². The number of amides is 2. The van der Waals surface area contributed by atoms with Gasteiger partial charge in [-0.2, -0.15) is 25.5 Å². The molecule has 7 aromatic heterocycles. The zero-order valence-corrected chi connectivity index (χ0v) is 66.3. The molecule has 7 heterocycles. The van der Waals surface area contributed by atoms with Gasteiger partial charge in [-0.3, -0.25) is 55.0 Å². The molecule has 17 rings (SSSR count). The molecule has 0 aliphatic rings. The SMILES string of the molecule is COc1cc([N+](=O)[O-])ccc1-c1cc(-c2ccccc2)n[nH]1.COc1ccccc1-c1cc(-c2c[nH]c(N(C)C)cc2=O)n[nH]1.COc1ccccc1-c1cc(-c2cccc(NC(=O)c3ccccc3)c2)n[nH]1.COc1ccccc1-c1cc(-c2cccc(NC(C)=O)c2)n[nH]1.c1ccc(-c2cc(-c3ccccc3Oc3cccnc3)[nH]n2)cc1. The number of nitrogens with zero attached hydrogens (tertiary/aromatic N) is 8. The summed E-state index contributed by atoms with van der Waals surface area (Å²) in [5, 5.41) is 53.4. The van der Waals surface area contributed by atoms with Crippen LogP contribution in [0.15, 0.2) is 327 Å². The molecule has 10 aromatic carbocycles. The highest BCUT2D eigenvalue weighted by Gasteiger charge is 2.19. The number of anilines is 3. The quantitative estimate of drug-likeness (QED) is 0.0245. The second-order valence-electron chi connectivity index (χ2n) is 26.7. The van der Waals surface area contributed by atoms with Gasteiger partial charge in [0.05, 0.1) is 108 Å². The molecule has 26 heteroatoms. The number of H-pyrrole nitrogens is 6. The number of aromatic amines is 6. The van der Waals surface area contributed by atoms with Gasteiger partial charge in [-0.15, -0.1) is 0 Å². The number of para-hydroxylation sites is 4. The van der Waals surface area contributed by atoms with Gasteiger partial charge in [0.1, 0.15) is 40.3 Å². The average Bonchev–Trinajstić information content (AvgIpc) is 1.65. The third-order valence-electron chi connectivity index (χ3n) is 18.5. The fraction of sp³-hybridized carbons (Fsp3) is 0.0745. The van der Waals surface area contributed by atoms with E-state index in [1.54, 1.807) is 64.2 Å². The summed E-state index contributed by atoms with van der Waals surface area (Å²) in [7, 11) is 10.2. The molecule has 0 bridgehead atoms. The first-order valence-corrected chi connectivity index (χ1v) is 37.6. The molecule has 0 spiro atoms. The predicted molar refractivity (Wildman–Crippen MR) is 468 cm³/mol. The Labute approximate surface area is 690 Å². The monoisotopic (exact) mass is 1590 g/mol. The third-order valence-corrected chi connectivity index (χ3v) is 18.5. The van der Waals surface area contributed by atoms with Crippen LogP contribution in [0.3, 0.4) is 0 Å². The molecule has 17 aromatic rings. The summed E-state index contributed by atoms with van der Waals surface area (Å²) in [4.78, 5) is 55.2. The van der Waals surface area contributed by atoms with Crippen molar-refractivity contribution in [3.05, 3.63) is 348 Å². The number of nitro benzene ring substituents is 1. The maximum absolute atomic E-state index is 12.4. The number of ether oxygens (including phenoxy) is 5. The fourth-order valence-corrected chi connectivity index (χ4v) is 12.6. The van der Waals surface area contributed by atoms with Gasteiger partial charge < -0.3 is 44.2 Å². The molecule has 120 heavy (non-hydrogen) atoms. The second kappa shape index (κ2) is 39.5. The van der Waals surface area contributed by atoms with Crippen LogP contribution >= 0.6 is 0 Å². The van der Waals surface area contributed by atoms with Crippen molar-refractivity contribution in [1.82, 2.24) is 61.0 Å². The zero-order chi connectivity index (χ0) is 83.7. The topological polar surface area (TPSA) is 340 Å². The summed E-state index contributed by atoms with van der Waals surface area (Å²) in [6.07, 6.45) is 5.10. The maximum Gasteiger partial charge on any atom is 0.273 e. The summed E-state index contributed by atoms with van der Waals surface area (Å²) < 4.78 is 27.4. The van der Waals surface area contributed by atoms with Crippen LogP contribution in [0.1, 0.15) is 17.3 Å². The summed E-state index contributed by atoms with van der Waals surface area (Å²) >= 11 is 0. The van der Waals surface area contributed by atoms with Gasteiger partial charge in [-0.05, 0) is 133 Å². The van der Waals surface area contributed by atoms with Gasteiger partial charge >= 0.3 is 0 Å². The highest BCUT2D eigenvalue weighted by molar-refractivity contribution is 6.04. The largest absolute Gasteiger partial charge is 0.496 e. The van der Waals surface area contributed by atoms with Crippen LogP contribution in [0, 0.1) is 10.1 Å². The van der Waals surface area contributed by atoms with Crippen LogP contribution in [0.5, 0.6) is 34.5 Å². The number of aromatic nitrogens is 12. The number of hydrogen-bond donors (Lipinski definition) is 8. The van der Waals surface area contributed by atoms with E-state index in [0.717, 1.165) is 136 Å². The molecular weight excluding hydrogens is 1510 g/mol. The van der Waals surface area contributed by atoms with Crippen LogP contribution in [-0.4, -0.2) is 120 Å². The molecule has 0 fully saturated rings. The molecule has 0 aliphatic heterocycles. The van der Waals surface area contributed by atoms with E-state index in [1.807, 2.05) is 286 Å². The van der Waals surface area contributed by atoms with Crippen molar-refractivity contribution in [1.29, 1.82) is 0 Å². The zero-order valence-electron chi connectivity index (χ0n) is 66.3. The number of methoxy groups -OCH3 is 4. The maximum atomic E-state index is 12.4. The van der Waals surface area contributed by atoms with Gasteiger partial charge in [-0.25, -0.2) is 0 Å². The summed E-state index contributed by atoms with van der Waals surface area (Å²) in [6.45, 7) is 1.49. The van der Waals surface area contributed by atoms with E-state index in [2.05, 4.69) is 71.6 Å². The number of benzene rings is 10. The van der Waals surface area contributed by atoms with Crippen molar-refractivity contribution in [3.8, 4) is 147 Å². The average molecular weight is 1600 g/mol. The van der Waals surface area contributed by atoms with E-state index in [0.29, 0.717) is 34.0 Å². The van der Waals surface area contributed by atoms with Crippen molar-refractivity contribution >= 4 is 34.7 Å². The number of carbonyl (C=O) groups is 2. The minimum Gasteiger partial charge on any atom is -0.496 e. The van der Waals surface area contributed by atoms with Gasteiger partial charge in [0.2, 0.25) is 5.91 Å². The van der Waals surface area contributed by atoms with Gasteiger partial charge in [0.15, 0.2) is 5.43 Å². The Morgan fingerprint density at radius 3 is 1.21 bits per heavy atom. The van der Waals surface area contributed by atoms with Crippen molar-refractivity contribution in [2.75, 3.05) is 58.1 Å². The molecule has 26 nitrogen and oxygen atoms in total. The number of pyridine rings is 2. The molecule has 0 saturated carbocycles.